The molecule has 146 valence electrons. The van der Waals surface area contributed by atoms with Crippen LogP contribution in [0, 0.1) is 13.8 Å². The number of aryl methyl sites for hydroxylation is 2. The Balaban J connectivity index is 2.06. The maximum Gasteiger partial charge on any atom is 0.416 e. The molecule has 2 nitrogen and oxygen atoms in total. The topological polar surface area (TPSA) is 22.0 Å². The van der Waals surface area contributed by atoms with Crippen molar-refractivity contribution in [3.05, 3.63) is 99.8 Å². The van der Waals surface area contributed by atoms with Crippen LogP contribution in [-0.4, -0.2) is 4.57 Å². The molecule has 0 spiro atoms. The molecular formula is C24H18F3NO. The van der Waals surface area contributed by atoms with Crippen LogP contribution >= 0.6 is 0 Å². The van der Waals surface area contributed by atoms with Gasteiger partial charge in [0, 0.05) is 11.1 Å². The van der Waals surface area contributed by atoms with Gasteiger partial charge in [-0.15, -0.1) is 0 Å². The zero-order chi connectivity index (χ0) is 20.8. The lowest BCUT2D eigenvalue weighted by Gasteiger charge is -2.19. The SMILES string of the molecule is Cc1ccc(-n2c(-c3ccc(C(F)(F)F)cc3)c(C)c3ccccc3c2=O)cc1. The van der Waals surface area contributed by atoms with Crippen molar-refractivity contribution in [1.29, 1.82) is 0 Å². The molecule has 0 unspecified atom stereocenters. The normalized spacial score (nSPS) is 11.8. The van der Waals surface area contributed by atoms with Gasteiger partial charge in [-0.05, 0) is 60.7 Å². The van der Waals surface area contributed by atoms with Crippen molar-refractivity contribution in [3.63, 3.8) is 0 Å². The number of rotatable bonds is 2. The van der Waals surface area contributed by atoms with Crippen molar-refractivity contribution in [2.24, 2.45) is 0 Å². The van der Waals surface area contributed by atoms with Crippen molar-refractivity contribution in [2.45, 2.75) is 20.0 Å². The maximum atomic E-state index is 13.4. The fraction of sp³-hybridized carbons (Fsp3) is 0.125. The molecule has 4 aromatic rings. The van der Waals surface area contributed by atoms with Crippen LogP contribution < -0.4 is 5.56 Å². The predicted octanol–water partition coefficient (Wildman–Crippen LogP) is 6.29. The summed E-state index contributed by atoms with van der Waals surface area (Å²) >= 11 is 0. The van der Waals surface area contributed by atoms with Crippen molar-refractivity contribution < 1.29 is 13.2 Å². The molecule has 4 rings (SSSR count). The Morgan fingerprint density at radius 1 is 0.759 bits per heavy atom. The molecular weight excluding hydrogens is 375 g/mol. The smallest absolute Gasteiger partial charge is 0.276 e. The largest absolute Gasteiger partial charge is 0.416 e. The van der Waals surface area contributed by atoms with E-state index in [1.165, 1.54) is 12.1 Å². The second kappa shape index (κ2) is 6.92. The van der Waals surface area contributed by atoms with E-state index in [9.17, 15) is 18.0 Å². The molecule has 0 fully saturated rings. The number of alkyl halides is 3. The standard InChI is InChI=1S/C24H18F3NO/c1-15-7-13-19(14-8-15)28-22(17-9-11-18(12-10-17)24(25,26)27)16(2)20-5-3-4-6-21(20)23(28)29/h3-14H,1-2H3. The predicted molar refractivity (Wildman–Crippen MR) is 109 cm³/mol. The van der Waals surface area contributed by atoms with E-state index in [0.29, 0.717) is 22.3 Å². The van der Waals surface area contributed by atoms with Gasteiger partial charge in [-0.3, -0.25) is 9.36 Å². The molecule has 1 heterocycles. The van der Waals surface area contributed by atoms with Crippen molar-refractivity contribution in [2.75, 3.05) is 0 Å². The number of benzene rings is 3. The Bertz CT molecular complexity index is 1250. The highest BCUT2D eigenvalue weighted by Gasteiger charge is 2.30. The van der Waals surface area contributed by atoms with Crippen LogP contribution in [0.3, 0.4) is 0 Å². The van der Waals surface area contributed by atoms with E-state index < -0.39 is 11.7 Å². The van der Waals surface area contributed by atoms with E-state index in [4.69, 9.17) is 0 Å². The summed E-state index contributed by atoms with van der Waals surface area (Å²) in [5.41, 5.74) is 2.78. The number of hydrogen-bond acceptors (Lipinski definition) is 1. The molecule has 1 aromatic heterocycles. The Morgan fingerprint density at radius 2 is 1.34 bits per heavy atom. The van der Waals surface area contributed by atoms with Crippen LogP contribution in [0.4, 0.5) is 13.2 Å². The molecule has 0 aliphatic carbocycles. The van der Waals surface area contributed by atoms with E-state index in [0.717, 1.165) is 28.6 Å². The summed E-state index contributed by atoms with van der Waals surface area (Å²) in [4.78, 5) is 13.4. The van der Waals surface area contributed by atoms with E-state index in [1.807, 2.05) is 50.2 Å². The van der Waals surface area contributed by atoms with Gasteiger partial charge in [-0.1, -0.05) is 48.0 Å². The van der Waals surface area contributed by atoms with E-state index in [1.54, 1.807) is 16.7 Å². The van der Waals surface area contributed by atoms with Gasteiger partial charge in [-0.2, -0.15) is 13.2 Å². The highest BCUT2D eigenvalue weighted by molar-refractivity contribution is 5.90. The summed E-state index contributed by atoms with van der Waals surface area (Å²) in [5, 5.41) is 1.36. The lowest BCUT2D eigenvalue weighted by Crippen LogP contribution is -2.21. The average Bonchev–Trinajstić information content (AvgIpc) is 2.71. The molecule has 0 amide bonds. The van der Waals surface area contributed by atoms with Gasteiger partial charge >= 0.3 is 6.18 Å². The Labute approximate surface area is 165 Å². The van der Waals surface area contributed by atoms with Crippen LogP contribution in [0.5, 0.6) is 0 Å². The van der Waals surface area contributed by atoms with Crippen molar-refractivity contribution in [3.8, 4) is 16.9 Å². The zero-order valence-corrected chi connectivity index (χ0v) is 15.9. The number of halogens is 3. The monoisotopic (exact) mass is 393 g/mol. The quantitative estimate of drug-likeness (QED) is 0.392. The second-order valence-corrected chi connectivity index (χ2v) is 7.07. The minimum atomic E-state index is -4.41. The maximum absolute atomic E-state index is 13.4. The average molecular weight is 393 g/mol. The van der Waals surface area contributed by atoms with Crippen LogP contribution in [0.1, 0.15) is 16.7 Å². The van der Waals surface area contributed by atoms with Crippen LogP contribution in [0.15, 0.2) is 77.6 Å². The van der Waals surface area contributed by atoms with Gasteiger partial charge in [0.15, 0.2) is 0 Å². The third-order valence-corrected chi connectivity index (χ3v) is 5.12. The first-order valence-corrected chi connectivity index (χ1v) is 9.16. The molecule has 0 saturated carbocycles. The Morgan fingerprint density at radius 3 is 1.93 bits per heavy atom. The number of hydrogen-bond donors (Lipinski definition) is 0. The number of aromatic nitrogens is 1. The van der Waals surface area contributed by atoms with E-state index in [2.05, 4.69) is 0 Å². The fourth-order valence-corrected chi connectivity index (χ4v) is 3.62. The van der Waals surface area contributed by atoms with Crippen LogP contribution in [0.2, 0.25) is 0 Å². The molecule has 0 aliphatic rings. The zero-order valence-electron chi connectivity index (χ0n) is 15.9. The number of fused-ring (bicyclic) bond motifs is 1. The second-order valence-electron chi connectivity index (χ2n) is 7.07. The Hall–Kier alpha value is -3.34. The molecule has 29 heavy (non-hydrogen) atoms. The third-order valence-electron chi connectivity index (χ3n) is 5.12. The molecule has 0 radical (unpaired) electrons. The van der Waals surface area contributed by atoms with Crippen molar-refractivity contribution >= 4 is 10.8 Å². The first-order chi connectivity index (χ1) is 13.8. The number of nitrogens with zero attached hydrogens (tertiary/aromatic N) is 1. The third kappa shape index (κ3) is 3.33. The molecule has 5 heteroatoms. The van der Waals surface area contributed by atoms with Gasteiger partial charge in [0.2, 0.25) is 0 Å². The van der Waals surface area contributed by atoms with Crippen LogP contribution in [0.25, 0.3) is 27.7 Å². The van der Waals surface area contributed by atoms with Gasteiger partial charge < -0.3 is 0 Å². The summed E-state index contributed by atoms with van der Waals surface area (Å²) in [5.74, 6) is 0. The Kier molecular flexibility index (Phi) is 4.53. The molecule has 0 saturated heterocycles. The van der Waals surface area contributed by atoms with Crippen LogP contribution in [-0.2, 0) is 6.18 Å². The van der Waals surface area contributed by atoms with E-state index >= 15 is 0 Å². The van der Waals surface area contributed by atoms with Gasteiger partial charge in [0.05, 0.1) is 11.3 Å². The minimum Gasteiger partial charge on any atom is -0.276 e. The summed E-state index contributed by atoms with van der Waals surface area (Å²) in [6.45, 7) is 3.84. The molecule has 0 aliphatic heterocycles. The van der Waals surface area contributed by atoms with Crippen molar-refractivity contribution in [1.82, 2.24) is 4.57 Å². The van der Waals surface area contributed by atoms with E-state index in [-0.39, 0.29) is 5.56 Å². The summed E-state index contributed by atoms with van der Waals surface area (Å²) in [6.07, 6.45) is -4.41. The molecule has 3 aromatic carbocycles. The first-order valence-electron chi connectivity index (χ1n) is 9.16. The first kappa shape index (κ1) is 19.0. The lowest BCUT2D eigenvalue weighted by atomic mass is 9.98. The summed E-state index contributed by atoms with van der Waals surface area (Å²) in [7, 11) is 0. The lowest BCUT2D eigenvalue weighted by molar-refractivity contribution is -0.137. The fourth-order valence-electron chi connectivity index (χ4n) is 3.62. The number of pyridine rings is 1. The highest BCUT2D eigenvalue weighted by atomic mass is 19.4. The summed E-state index contributed by atoms with van der Waals surface area (Å²) < 4.78 is 40.6. The molecule has 0 bridgehead atoms. The highest BCUT2D eigenvalue weighted by Crippen LogP contribution is 2.33. The molecule has 0 N–H and O–H groups in total. The molecule has 0 atom stereocenters. The van der Waals surface area contributed by atoms with Gasteiger partial charge in [0.25, 0.3) is 5.56 Å². The van der Waals surface area contributed by atoms with Gasteiger partial charge in [0.1, 0.15) is 0 Å². The minimum absolute atomic E-state index is 0.204. The van der Waals surface area contributed by atoms with Gasteiger partial charge in [-0.25, -0.2) is 0 Å². The summed E-state index contributed by atoms with van der Waals surface area (Å²) in [6, 6.07) is 19.7.